The molecule has 0 heterocycles. The monoisotopic (exact) mass is 446 g/mol. The van der Waals surface area contributed by atoms with Crippen LogP contribution < -0.4 is 33.2 Å². The average molecular weight is 446 g/mol. The third-order valence-corrected chi connectivity index (χ3v) is 4.09. The highest BCUT2D eigenvalue weighted by atomic mass is 16.4. The van der Waals surface area contributed by atoms with Crippen molar-refractivity contribution in [3.05, 3.63) is 0 Å². The van der Waals surface area contributed by atoms with E-state index in [0.717, 1.165) is 0 Å². The zero-order valence-corrected chi connectivity index (χ0v) is 17.1. The van der Waals surface area contributed by atoms with Crippen molar-refractivity contribution >= 4 is 35.6 Å². The fraction of sp³-hybridized carbons (Fsp3) is 0.647. The summed E-state index contributed by atoms with van der Waals surface area (Å²) in [5, 5.41) is 24.1. The summed E-state index contributed by atoms with van der Waals surface area (Å²) in [6, 6.07) is -5.40. The van der Waals surface area contributed by atoms with Gasteiger partial charge >= 0.3 is 11.9 Å². The van der Waals surface area contributed by atoms with Crippen LogP contribution >= 0.6 is 0 Å². The van der Waals surface area contributed by atoms with Gasteiger partial charge in [-0.1, -0.05) is 6.42 Å². The summed E-state index contributed by atoms with van der Waals surface area (Å²) in [5.74, 6) is -6.54. The van der Waals surface area contributed by atoms with E-state index in [4.69, 9.17) is 27.4 Å². The molecule has 4 unspecified atom stereocenters. The van der Waals surface area contributed by atoms with E-state index in [1.807, 2.05) is 5.32 Å². The summed E-state index contributed by atoms with van der Waals surface area (Å²) in [6.45, 7) is 1.63. The molecule has 14 nitrogen and oxygen atoms in total. The van der Waals surface area contributed by atoms with Gasteiger partial charge in [0.25, 0.3) is 0 Å². The molecule has 0 saturated carbocycles. The van der Waals surface area contributed by atoms with Crippen LogP contribution in [0.25, 0.3) is 0 Å². The van der Waals surface area contributed by atoms with Crippen LogP contribution in [0.15, 0.2) is 0 Å². The van der Waals surface area contributed by atoms with E-state index < -0.39 is 72.6 Å². The number of nitrogens with one attached hydrogen (secondary N) is 3. The Kier molecular flexibility index (Phi) is 12.4. The van der Waals surface area contributed by atoms with Crippen LogP contribution in [0, 0.1) is 0 Å². The number of carbonyl (C=O) groups is 6. The number of carboxylic acid groups (broad SMARTS) is 2. The number of rotatable bonds is 15. The minimum absolute atomic E-state index is 0.299. The molecule has 0 spiro atoms. The third-order valence-electron chi connectivity index (χ3n) is 4.09. The summed E-state index contributed by atoms with van der Waals surface area (Å²) in [5.41, 5.74) is 16.2. The molecule has 31 heavy (non-hydrogen) atoms. The van der Waals surface area contributed by atoms with E-state index in [1.165, 1.54) is 6.92 Å². The van der Waals surface area contributed by atoms with Gasteiger partial charge in [0.1, 0.15) is 18.1 Å². The van der Waals surface area contributed by atoms with Crippen LogP contribution in [0.2, 0.25) is 0 Å². The molecule has 0 rings (SSSR count). The molecule has 0 saturated heterocycles. The molecule has 0 aliphatic heterocycles. The minimum Gasteiger partial charge on any atom is -0.481 e. The zero-order chi connectivity index (χ0) is 24.1. The first-order chi connectivity index (χ1) is 14.4. The number of nitrogens with two attached hydrogens (primary N) is 3. The van der Waals surface area contributed by atoms with Gasteiger partial charge in [0.2, 0.25) is 23.6 Å². The molecule has 0 fully saturated rings. The zero-order valence-electron chi connectivity index (χ0n) is 17.1. The van der Waals surface area contributed by atoms with Crippen molar-refractivity contribution in [2.45, 2.75) is 63.2 Å². The Morgan fingerprint density at radius 3 is 1.90 bits per heavy atom. The van der Waals surface area contributed by atoms with E-state index in [-0.39, 0.29) is 0 Å². The van der Waals surface area contributed by atoms with Crippen molar-refractivity contribution < 1.29 is 39.0 Å². The number of primary amides is 1. The molecule has 4 amide bonds. The summed E-state index contributed by atoms with van der Waals surface area (Å²) >= 11 is 0. The van der Waals surface area contributed by atoms with Gasteiger partial charge in [-0.2, -0.15) is 0 Å². The van der Waals surface area contributed by atoms with Crippen LogP contribution in [0.1, 0.15) is 39.0 Å². The second-order valence-electron chi connectivity index (χ2n) is 6.85. The molecule has 0 aliphatic rings. The molecule has 11 N–H and O–H groups in total. The van der Waals surface area contributed by atoms with E-state index in [2.05, 4.69) is 10.6 Å². The van der Waals surface area contributed by atoms with Crippen LogP contribution in [0.3, 0.4) is 0 Å². The molecule has 176 valence electrons. The SMILES string of the molecule is CC(NC(=O)C(CC(N)=O)NC(=O)C(N)CCCCN)C(=O)NC(CC(=O)O)C(=O)O. The first-order valence-electron chi connectivity index (χ1n) is 9.48. The lowest BCUT2D eigenvalue weighted by molar-refractivity contribution is -0.147. The highest BCUT2D eigenvalue weighted by molar-refractivity contribution is 5.96. The van der Waals surface area contributed by atoms with Crippen molar-refractivity contribution in [1.29, 1.82) is 0 Å². The minimum atomic E-state index is -1.71. The second-order valence-corrected chi connectivity index (χ2v) is 6.85. The molecule has 4 atom stereocenters. The van der Waals surface area contributed by atoms with E-state index in [1.54, 1.807) is 0 Å². The fourth-order valence-corrected chi connectivity index (χ4v) is 2.38. The van der Waals surface area contributed by atoms with E-state index in [0.29, 0.717) is 25.8 Å². The molecular formula is C17H30N6O8. The largest absolute Gasteiger partial charge is 0.481 e. The van der Waals surface area contributed by atoms with Gasteiger partial charge in [0, 0.05) is 0 Å². The number of carboxylic acids is 2. The molecule has 0 bridgehead atoms. The normalized spacial score (nSPS) is 14.4. The van der Waals surface area contributed by atoms with Crippen molar-refractivity contribution in [1.82, 2.24) is 16.0 Å². The Hall–Kier alpha value is -3.26. The highest BCUT2D eigenvalue weighted by Crippen LogP contribution is 2.01. The molecule has 0 aliphatic carbocycles. The van der Waals surface area contributed by atoms with Crippen molar-refractivity contribution in [3.63, 3.8) is 0 Å². The maximum Gasteiger partial charge on any atom is 0.326 e. The predicted molar refractivity (Wildman–Crippen MR) is 106 cm³/mol. The van der Waals surface area contributed by atoms with Crippen LogP contribution in [-0.4, -0.2) is 76.5 Å². The van der Waals surface area contributed by atoms with Gasteiger partial charge < -0.3 is 43.4 Å². The molecule has 0 radical (unpaired) electrons. The second kappa shape index (κ2) is 13.9. The van der Waals surface area contributed by atoms with Crippen LogP contribution in [-0.2, 0) is 28.8 Å². The molecule has 0 aromatic heterocycles. The number of hydrogen-bond acceptors (Lipinski definition) is 8. The average Bonchev–Trinajstić information content (AvgIpc) is 2.65. The summed E-state index contributed by atoms with van der Waals surface area (Å²) < 4.78 is 0. The third kappa shape index (κ3) is 11.5. The first-order valence-corrected chi connectivity index (χ1v) is 9.48. The highest BCUT2D eigenvalue weighted by Gasteiger charge is 2.29. The van der Waals surface area contributed by atoms with Gasteiger partial charge in [-0.3, -0.25) is 24.0 Å². The molecule has 0 aromatic rings. The fourth-order valence-electron chi connectivity index (χ4n) is 2.38. The molecule has 14 heteroatoms. The van der Waals surface area contributed by atoms with Crippen molar-refractivity contribution in [3.8, 4) is 0 Å². The Bertz CT molecular complexity index is 686. The van der Waals surface area contributed by atoms with Gasteiger partial charge in [-0.05, 0) is 26.3 Å². The summed E-state index contributed by atoms with van der Waals surface area (Å²) in [6.07, 6.45) is 0.0866. The van der Waals surface area contributed by atoms with Crippen molar-refractivity contribution in [2.75, 3.05) is 6.54 Å². The first kappa shape index (κ1) is 27.7. The maximum absolute atomic E-state index is 12.4. The summed E-state index contributed by atoms with van der Waals surface area (Å²) in [7, 11) is 0. The Morgan fingerprint density at radius 2 is 1.42 bits per heavy atom. The van der Waals surface area contributed by atoms with E-state index >= 15 is 0 Å². The number of unbranched alkanes of at least 4 members (excludes halogenated alkanes) is 1. The summed E-state index contributed by atoms with van der Waals surface area (Å²) in [4.78, 5) is 69.7. The van der Waals surface area contributed by atoms with Crippen LogP contribution in [0.5, 0.6) is 0 Å². The predicted octanol–water partition coefficient (Wildman–Crippen LogP) is -3.65. The lowest BCUT2D eigenvalue weighted by atomic mass is 10.1. The van der Waals surface area contributed by atoms with Gasteiger partial charge in [-0.15, -0.1) is 0 Å². The maximum atomic E-state index is 12.4. The topological polar surface area (TPSA) is 257 Å². The van der Waals surface area contributed by atoms with E-state index in [9.17, 15) is 28.8 Å². The lowest BCUT2D eigenvalue weighted by Gasteiger charge is -2.22. The van der Waals surface area contributed by atoms with Gasteiger partial charge in [-0.25, -0.2) is 4.79 Å². The van der Waals surface area contributed by atoms with Crippen molar-refractivity contribution in [2.24, 2.45) is 17.2 Å². The smallest absolute Gasteiger partial charge is 0.326 e. The Labute approximate surface area is 178 Å². The van der Waals surface area contributed by atoms with Gasteiger partial charge in [0.05, 0.1) is 18.9 Å². The number of amides is 4. The standard InChI is InChI=1S/C17H30N6O8/c1-8(14(27)23-11(17(30)31)7-13(25)26)21-16(29)10(6-12(20)24)22-15(28)9(19)4-2-3-5-18/h8-11H,2-7,18-19H2,1H3,(H2,20,24)(H,21,29)(H,22,28)(H,23,27)(H,25,26)(H,30,31). The Morgan fingerprint density at radius 1 is 0.839 bits per heavy atom. The van der Waals surface area contributed by atoms with Gasteiger partial charge in [0.15, 0.2) is 0 Å². The number of hydrogen-bond donors (Lipinski definition) is 8. The van der Waals surface area contributed by atoms with Crippen LogP contribution in [0.4, 0.5) is 0 Å². The number of aliphatic carboxylic acids is 2. The quantitative estimate of drug-likeness (QED) is 0.114. The number of carbonyl (C=O) groups excluding carboxylic acids is 4. The Balaban J connectivity index is 5.03. The molecular weight excluding hydrogens is 416 g/mol. The molecule has 0 aromatic carbocycles. The lowest BCUT2D eigenvalue weighted by Crippen LogP contribution is -2.57.